The Morgan fingerprint density at radius 1 is 1.12 bits per heavy atom. The third-order valence-electron chi connectivity index (χ3n) is 3.50. The van der Waals surface area contributed by atoms with Gasteiger partial charge in [-0.1, -0.05) is 29.8 Å². The van der Waals surface area contributed by atoms with Crippen LogP contribution in [0.25, 0.3) is 17.4 Å². The van der Waals surface area contributed by atoms with Crippen LogP contribution in [-0.2, 0) is 4.79 Å². The molecule has 25 heavy (non-hydrogen) atoms. The van der Waals surface area contributed by atoms with Gasteiger partial charge in [-0.05, 0) is 42.5 Å². The Bertz CT molecular complexity index is 915. The molecule has 5 heteroatoms. The third kappa shape index (κ3) is 4.31. The highest BCUT2D eigenvalue weighted by Crippen LogP contribution is 2.29. The monoisotopic (exact) mass is 353 g/mol. The summed E-state index contributed by atoms with van der Waals surface area (Å²) in [6.45, 7) is 0. The van der Waals surface area contributed by atoms with E-state index in [0.717, 1.165) is 5.56 Å². The topological polar surface area (TPSA) is 51.5 Å². The van der Waals surface area contributed by atoms with Crippen LogP contribution in [0.2, 0.25) is 5.02 Å². The van der Waals surface area contributed by atoms with Gasteiger partial charge in [0.05, 0.1) is 12.1 Å². The Kier molecular flexibility index (Phi) is 5.21. The van der Waals surface area contributed by atoms with Gasteiger partial charge in [0.1, 0.15) is 17.3 Å². The predicted molar refractivity (Wildman–Crippen MR) is 99.8 cm³/mol. The van der Waals surface area contributed by atoms with E-state index in [1.54, 1.807) is 43.5 Å². The van der Waals surface area contributed by atoms with Crippen LogP contribution in [0.1, 0.15) is 5.76 Å². The van der Waals surface area contributed by atoms with Gasteiger partial charge in [-0.3, -0.25) is 4.79 Å². The number of hydrogen-bond acceptors (Lipinski definition) is 3. The minimum Gasteiger partial charge on any atom is -0.497 e. The number of methoxy groups -OCH3 is 1. The summed E-state index contributed by atoms with van der Waals surface area (Å²) in [7, 11) is 1.58. The number of halogens is 1. The van der Waals surface area contributed by atoms with E-state index >= 15 is 0 Å². The number of nitrogens with one attached hydrogen (secondary N) is 1. The first kappa shape index (κ1) is 16.9. The number of amides is 1. The Morgan fingerprint density at radius 2 is 1.96 bits per heavy atom. The maximum absolute atomic E-state index is 12.0. The van der Waals surface area contributed by atoms with E-state index in [1.165, 1.54) is 6.08 Å². The lowest BCUT2D eigenvalue weighted by Gasteiger charge is -2.04. The van der Waals surface area contributed by atoms with Crippen molar-refractivity contribution in [3.8, 4) is 17.1 Å². The first-order chi connectivity index (χ1) is 12.2. The molecule has 4 nitrogen and oxygen atoms in total. The molecular formula is C20H16ClNO3. The highest BCUT2D eigenvalue weighted by molar-refractivity contribution is 6.33. The van der Waals surface area contributed by atoms with Crippen LogP contribution in [0.4, 0.5) is 5.69 Å². The summed E-state index contributed by atoms with van der Waals surface area (Å²) in [6.07, 6.45) is 3.02. The normalized spacial score (nSPS) is 10.8. The molecule has 0 atom stereocenters. The SMILES string of the molecule is COc1cccc(NC(=O)/C=C/c2ccc(-c3ccccc3Cl)o2)c1. The second kappa shape index (κ2) is 7.73. The predicted octanol–water partition coefficient (Wildman–Crippen LogP) is 5.26. The number of hydrogen-bond donors (Lipinski definition) is 1. The Hall–Kier alpha value is -2.98. The molecule has 0 saturated heterocycles. The van der Waals surface area contributed by atoms with Crippen molar-refractivity contribution in [1.29, 1.82) is 0 Å². The summed E-state index contributed by atoms with van der Waals surface area (Å²) in [5.74, 6) is 1.63. The molecule has 3 aromatic rings. The molecule has 1 heterocycles. The van der Waals surface area contributed by atoms with E-state index in [9.17, 15) is 4.79 Å². The quantitative estimate of drug-likeness (QED) is 0.636. The summed E-state index contributed by atoms with van der Waals surface area (Å²) in [6, 6.07) is 18.2. The fourth-order valence-corrected chi connectivity index (χ4v) is 2.52. The molecule has 0 unspecified atom stereocenters. The van der Waals surface area contributed by atoms with Gasteiger partial charge < -0.3 is 14.5 Å². The maximum Gasteiger partial charge on any atom is 0.248 e. The highest BCUT2D eigenvalue weighted by Gasteiger charge is 2.07. The summed E-state index contributed by atoms with van der Waals surface area (Å²) in [5, 5.41) is 3.38. The van der Waals surface area contributed by atoms with Crippen molar-refractivity contribution in [2.75, 3.05) is 12.4 Å². The lowest BCUT2D eigenvalue weighted by Crippen LogP contribution is -2.07. The largest absolute Gasteiger partial charge is 0.497 e. The lowest BCUT2D eigenvalue weighted by molar-refractivity contribution is -0.111. The van der Waals surface area contributed by atoms with Crippen LogP contribution in [-0.4, -0.2) is 13.0 Å². The van der Waals surface area contributed by atoms with E-state index in [1.807, 2.05) is 30.3 Å². The number of ether oxygens (including phenoxy) is 1. The molecule has 3 rings (SSSR count). The minimum absolute atomic E-state index is 0.260. The highest BCUT2D eigenvalue weighted by atomic mass is 35.5. The van der Waals surface area contributed by atoms with Crippen molar-refractivity contribution >= 4 is 29.3 Å². The maximum atomic E-state index is 12.0. The van der Waals surface area contributed by atoms with Gasteiger partial charge in [-0.15, -0.1) is 0 Å². The van der Waals surface area contributed by atoms with Gasteiger partial charge >= 0.3 is 0 Å². The zero-order chi connectivity index (χ0) is 17.6. The van der Waals surface area contributed by atoms with Crippen LogP contribution in [0.3, 0.4) is 0 Å². The summed E-state index contributed by atoms with van der Waals surface area (Å²) >= 11 is 6.16. The fourth-order valence-electron chi connectivity index (χ4n) is 2.29. The van der Waals surface area contributed by atoms with Gasteiger partial charge in [0.2, 0.25) is 5.91 Å². The molecule has 1 N–H and O–H groups in total. The number of carbonyl (C=O) groups is 1. The summed E-state index contributed by atoms with van der Waals surface area (Å²) < 4.78 is 10.8. The molecule has 0 saturated carbocycles. The number of carbonyl (C=O) groups excluding carboxylic acids is 1. The van der Waals surface area contributed by atoms with E-state index in [0.29, 0.717) is 28.0 Å². The molecule has 0 bridgehead atoms. The van der Waals surface area contributed by atoms with Crippen LogP contribution in [0.5, 0.6) is 5.75 Å². The van der Waals surface area contributed by atoms with Gasteiger partial charge in [0.25, 0.3) is 0 Å². The average Bonchev–Trinajstić information content (AvgIpc) is 3.09. The third-order valence-corrected chi connectivity index (χ3v) is 3.83. The molecule has 0 aliphatic heterocycles. The summed E-state index contributed by atoms with van der Waals surface area (Å²) in [4.78, 5) is 12.0. The fraction of sp³-hybridized carbons (Fsp3) is 0.0500. The molecule has 2 aromatic carbocycles. The van der Waals surface area contributed by atoms with Crippen LogP contribution < -0.4 is 10.1 Å². The number of furan rings is 1. The molecule has 0 fully saturated rings. The van der Waals surface area contributed by atoms with Crippen molar-refractivity contribution in [2.45, 2.75) is 0 Å². The molecule has 0 aliphatic rings. The molecule has 0 radical (unpaired) electrons. The second-order valence-corrected chi connectivity index (χ2v) is 5.64. The first-order valence-electron chi connectivity index (χ1n) is 7.63. The Morgan fingerprint density at radius 3 is 2.76 bits per heavy atom. The van der Waals surface area contributed by atoms with Crippen LogP contribution in [0.15, 0.2) is 71.2 Å². The first-order valence-corrected chi connectivity index (χ1v) is 8.01. The Labute approximate surface area is 150 Å². The zero-order valence-electron chi connectivity index (χ0n) is 13.5. The second-order valence-electron chi connectivity index (χ2n) is 5.24. The average molecular weight is 354 g/mol. The smallest absolute Gasteiger partial charge is 0.248 e. The lowest BCUT2D eigenvalue weighted by atomic mass is 10.2. The summed E-state index contributed by atoms with van der Waals surface area (Å²) in [5.41, 5.74) is 1.47. The van der Waals surface area contributed by atoms with Crippen LogP contribution >= 0.6 is 11.6 Å². The number of benzene rings is 2. The van der Waals surface area contributed by atoms with Crippen molar-refractivity contribution in [2.24, 2.45) is 0 Å². The molecular weight excluding hydrogens is 338 g/mol. The van der Waals surface area contributed by atoms with E-state index in [-0.39, 0.29) is 5.91 Å². The van der Waals surface area contributed by atoms with Crippen molar-refractivity contribution < 1.29 is 13.9 Å². The zero-order valence-corrected chi connectivity index (χ0v) is 14.3. The number of anilines is 1. The minimum atomic E-state index is -0.260. The van der Waals surface area contributed by atoms with Gasteiger partial charge in [-0.2, -0.15) is 0 Å². The van der Waals surface area contributed by atoms with Gasteiger partial charge in [0, 0.05) is 23.4 Å². The molecule has 1 aromatic heterocycles. The molecule has 0 aliphatic carbocycles. The van der Waals surface area contributed by atoms with E-state index in [4.69, 9.17) is 20.8 Å². The van der Waals surface area contributed by atoms with E-state index in [2.05, 4.69) is 5.32 Å². The van der Waals surface area contributed by atoms with Gasteiger partial charge in [-0.25, -0.2) is 0 Å². The number of rotatable bonds is 5. The van der Waals surface area contributed by atoms with Gasteiger partial charge in [0.15, 0.2) is 0 Å². The Balaban J connectivity index is 1.68. The standard InChI is InChI=1S/C20H16ClNO3/c1-24-16-6-4-5-14(13-16)22-20(23)12-10-15-9-11-19(25-15)17-7-2-3-8-18(17)21/h2-13H,1H3,(H,22,23)/b12-10+. The van der Waals surface area contributed by atoms with Crippen molar-refractivity contribution in [3.05, 3.63) is 77.5 Å². The van der Waals surface area contributed by atoms with Crippen molar-refractivity contribution in [3.63, 3.8) is 0 Å². The van der Waals surface area contributed by atoms with Crippen molar-refractivity contribution in [1.82, 2.24) is 0 Å². The van der Waals surface area contributed by atoms with Crippen LogP contribution in [0, 0.1) is 0 Å². The molecule has 1 amide bonds. The molecule has 126 valence electrons. The van der Waals surface area contributed by atoms with E-state index < -0.39 is 0 Å². The molecule has 0 spiro atoms.